The summed E-state index contributed by atoms with van der Waals surface area (Å²) in [6.45, 7) is 1.36. The number of carbonyl (C=O) groups is 3. The summed E-state index contributed by atoms with van der Waals surface area (Å²) < 4.78 is 0. The van der Waals surface area contributed by atoms with E-state index in [1.54, 1.807) is 24.3 Å². The van der Waals surface area contributed by atoms with E-state index in [2.05, 4.69) is 25.8 Å². The molecule has 9 nitrogen and oxygen atoms in total. The van der Waals surface area contributed by atoms with Crippen molar-refractivity contribution < 1.29 is 19.5 Å². The Labute approximate surface area is 165 Å². The van der Waals surface area contributed by atoms with Gasteiger partial charge in [0.1, 0.15) is 6.04 Å². The van der Waals surface area contributed by atoms with Gasteiger partial charge in [0.05, 0.1) is 12.2 Å². The van der Waals surface area contributed by atoms with Gasteiger partial charge in [-0.25, -0.2) is 9.78 Å². The lowest BCUT2D eigenvalue weighted by molar-refractivity contribution is -0.117. The van der Waals surface area contributed by atoms with Crippen molar-refractivity contribution >= 4 is 34.9 Å². The second kappa shape index (κ2) is 8.81. The Balaban J connectivity index is 1.70. The quantitative estimate of drug-likeness (QED) is 0.573. The molecule has 1 atom stereocenters. The van der Waals surface area contributed by atoms with Crippen molar-refractivity contribution in [3.63, 3.8) is 0 Å². The molecule has 0 radical (unpaired) electrons. The Hall–Kier alpha value is -2.98. The van der Waals surface area contributed by atoms with Crippen LogP contribution in [0.15, 0.2) is 30.3 Å². The van der Waals surface area contributed by atoms with Gasteiger partial charge in [0, 0.05) is 30.1 Å². The molecule has 0 aliphatic carbocycles. The van der Waals surface area contributed by atoms with Crippen molar-refractivity contribution in [3.8, 4) is 0 Å². The number of likely N-dealkylation sites (N-methyl/N-ethyl adjacent to an activating group) is 1. The highest BCUT2D eigenvalue weighted by Gasteiger charge is 2.26. The zero-order chi connectivity index (χ0) is 20.1. The highest BCUT2D eigenvalue weighted by atomic mass is 32.1. The third-order valence-electron chi connectivity index (χ3n) is 4.24. The molecule has 148 valence electrons. The Morgan fingerprint density at radius 2 is 2.04 bits per heavy atom. The van der Waals surface area contributed by atoms with Gasteiger partial charge >= 0.3 is 6.09 Å². The van der Waals surface area contributed by atoms with Crippen LogP contribution in [0.25, 0.3) is 0 Å². The Morgan fingerprint density at radius 1 is 1.29 bits per heavy atom. The topological polar surface area (TPSA) is 124 Å². The number of hydrogen-bond acceptors (Lipinski definition) is 6. The van der Waals surface area contributed by atoms with Crippen LogP contribution in [0.3, 0.4) is 0 Å². The predicted octanol–water partition coefficient (Wildman–Crippen LogP) is 1.14. The summed E-state index contributed by atoms with van der Waals surface area (Å²) in [5.74, 6) is -1.02. The van der Waals surface area contributed by atoms with Gasteiger partial charge in [-0.3, -0.25) is 9.59 Å². The maximum atomic E-state index is 12.6. The van der Waals surface area contributed by atoms with Crippen LogP contribution in [0, 0.1) is 0 Å². The van der Waals surface area contributed by atoms with Crippen LogP contribution < -0.4 is 16.0 Å². The normalized spacial score (nSPS) is 14.6. The summed E-state index contributed by atoms with van der Waals surface area (Å²) in [5.41, 5.74) is 1.46. The number of carbonyl (C=O) groups excluding carboxylic acids is 2. The van der Waals surface area contributed by atoms with Crippen LogP contribution in [0.2, 0.25) is 0 Å². The standard InChI is InChI=1S/C18H21N5O4S/c1-23-8-7-12-14(10-23)28-17(22-12)16(25)21-13(9-19-18(26)27)15(24)20-11-5-3-2-4-6-11/h2-6,13,19H,7-10H2,1H3,(H,20,24)(H,21,25)(H,26,27). The summed E-state index contributed by atoms with van der Waals surface area (Å²) in [6.07, 6.45) is -0.506. The summed E-state index contributed by atoms with van der Waals surface area (Å²) in [4.78, 5) is 43.6. The van der Waals surface area contributed by atoms with Crippen LogP contribution in [0.1, 0.15) is 20.4 Å². The molecular weight excluding hydrogens is 382 g/mol. The molecule has 0 spiro atoms. The number of rotatable bonds is 6. The van der Waals surface area contributed by atoms with E-state index in [9.17, 15) is 14.4 Å². The van der Waals surface area contributed by atoms with E-state index in [-0.39, 0.29) is 11.6 Å². The SMILES string of the molecule is CN1CCc2nc(C(=O)NC(CNC(=O)O)C(=O)Nc3ccccc3)sc2C1. The largest absolute Gasteiger partial charge is 0.465 e. The average molecular weight is 403 g/mol. The van der Waals surface area contributed by atoms with E-state index in [0.717, 1.165) is 30.1 Å². The fourth-order valence-corrected chi connectivity index (χ4v) is 3.88. The lowest BCUT2D eigenvalue weighted by atomic mass is 10.2. The summed E-state index contributed by atoms with van der Waals surface area (Å²) >= 11 is 1.30. The van der Waals surface area contributed by atoms with Gasteiger partial charge in [-0.2, -0.15) is 0 Å². The molecule has 0 saturated heterocycles. The molecule has 4 N–H and O–H groups in total. The zero-order valence-electron chi connectivity index (χ0n) is 15.3. The second-order valence-electron chi connectivity index (χ2n) is 6.44. The van der Waals surface area contributed by atoms with Gasteiger partial charge in [-0.1, -0.05) is 18.2 Å². The number of carboxylic acid groups (broad SMARTS) is 1. The molecule has 10 heteroatoms. The monoisotopic (exact) mass is 403 g/mol. The van der Waals surface area contributed by atoms with Crippen molar-refractivity contribution in [2.24, 2.45) is 0 Å². The minimum absolute atomic E-state index is 0.256. The summed E-state index contributed by atoms with van der Waals surface area (Å²) in [7, 11) is 2.00. The molecule has 3 amide bonds. The van der Waals surface area contributed by atoms with E-state index >= 15 is 0 Å². The number of anilines is 1. The van der Waals surface area contributed by atoms with Crippen LogP contribution in [-0.4, -0.2) is 59.1 Å². The van der Waals surface area contributed by atoms with Crippen molar-refractivity contribution in [2.45, 2.75) is 19.0 Å². The lowest BCUT2D eigenvalue weighted by Crippen LogP contribution is -2.50. The van der Waals surface area contributed by atoms with Crippen LogP contribution in [-0.2, 0) is 17.8 Å². The third-order valence-corrected chi connectivity index (χ3v) is 5.32. The minimum atomic E-state index is -1.28. The van der Waals surface area contributed by atoms with Crippen molar-refractivity contribution in [1.82, 2.24) is 20.5 Å². The maximum Gasteiger partial charge on any atom is 0.404 e. The average Bonchev–Trinajstić information content (AvgIpc) is 3.08. The zero-order valence-corrected chi connectivity index (χ0v) is 16.1. The number of thiazole rings is 1. The van der Waals surface area contributed by atoms with Crippen molar-refractivity contribution in [3.05, 3.63) is 45.9 Å². The molecular formula is C18H21N5O4S. The number of nitrogens with zero attached hydrogens (tertiary/aromatic N) is 2. The minimum Gasteiger partial charge on any atom is -0.465 e. The number of nitrogens with one attached hydrogen (secondary N) is 3. The maximum absolute atomic E-state index is 12.6. The molecule has 0 fully saturated rings. The smallest absolute Gasteiger partial charge is 0.404 e. The first-order chi connectivity index (χ1) is 13.4. The third kappa shape index (κ3) is 5.05. The van der Waals surface area contributed by atoms with Gasteiger partial charge in [-0.05, 0) is 19.2 Å². The summed E-state index contributed by atoms with van der Waals surface area (Å²) in [5, 5.41) is 16.5. The molecule has 1 aliphatic rings. The fourth-order valence-electron chi connectivity index (χ4n) is 2.79. The van der Waals surface area contributed by atoms with E-state index in [4.69, 9.17) is 5.11 Å². The first kappa shape index (κ1) is 19.8. The lowest BCUT2D eigenvalue weighted by Gasteiger charge is -2.20. The molecule has 2 heterocycles. The van der Waals surface area contributed by atoms with E-state index in [1.165, 1.54) is 11.3 Å². The number of benzene rings is 1. The number of aromatic nitrogens is 1. The highest BCUT2D eigenvalue weighted by Crippen LogP contribution is 2.24. The van der Waals surface area contributed by atoms with E-state index in [0.29, 0.717) is 5.69 Å². The van der Waals surface area contributed by atoms with Gasteiger partial charge in [0.15, 0.2) is 5.01 Å². The second-order valence-corrected chi connectivity index (χ2v) is 7.53. The van der Waals surface area contributed by atoms with Crippen LogP contribution >= 0.6 is 11.3 Å². The first-order valence-electron chi connectivity index (χ1n) is 8.73. The Morgan fingerprint density at radius 3 is 2.75 bits per heavy atom. The van der Waals surface area contributed by atoms with Crippen LogP contribution in [0.5, 0.6) is 0 Å². The Kier molecular flexibility index (Phi) is 6.22. The molecule has 1 aromatic heterocycles. The number of amides is 3. The molecule has 2 aromatic rings. The predicted molar refractivity (Wildman–Crippen MR) is 105 cm³/mol. The van der Waals surface area contributed by atoms with E-state index < -0.39 is 23.9 Å². The van der Waals surface area contributed by atoms with Gasteiger partial charge in [-0.15, -0.1) is 11.3 Å². The number of para-hydroxylation sites is 1. The highest BCUT2D eigenvalue weighted by molar-refractivity contribution is 7.13. The summed E-state index contributed by atoms with van der Waals surface area (Å²) in [6, 6.07) is 7.65. The molecule has 0 saturated carbocycles. The van der Waals surface area contributed by atoms with Gasteiger partial charge in [0.25, 0.3) is 5.91 Å². The molecule has 1 aliphatic heterocycles. The number of fused-ring (bicyclic) bond motifs is 1. The molecule has 0 bridgehead atoms. The molecule has 1 aromatic carbocycles. The molecule has 3 rings (SSSR count). The molecule has 1 unspecified atom stereocenters. The molecule has 28 heavy (non-hydrogen) atoms. The van der Waals surface area contributed by atoms with Gasteiger partial charge < -0.3 is 26.0 Å². The first-order valence-corrected chi connectivity index (χ1v) is 9.54. The van der Waals surface area contributed by atoms with E-state index in [1.807, 2.05) is 13.1 Å². The van der Waals surface area contributed by atoms with Crippen LogP contribution in [0.4, 0.5) is 10.5 Å². The fraction of sp³-hybridized carbons (Fsp3) is 0.333. The van der Waals surface area contributed by atoms with Gasteiger partial charge in [0.2, 0.25) is 5.91 Å². The van der Waals surface area contributed by atoms with Crippen molar-refractivity contribution in [1.29, 1.82) is 0 Å². The van der Waals surface area contributed by atoms with Crippen molar-refractivity contribution in [2.75, 3.05) is 25.5 Å². The Bertz CT molecular complexity index is 870. The number of hydrogen-bond donors (Lipinski definition) is 4.